The summed E-state index contributed by atoms with van der Waals surface area (Å²) in [4.78, 5) is 39.0. The molecule has 1 heterocycles. The van der Waals surface area contributed by atoms with Crippen LogP contribution in [0.5, 0.6) is 0 Å². The van der Waals surface area contributed by atoms with Crippen LogP contribution in [0.15, 0.2) is 30.3 Å². The van der Waals surface area contributed by atoms with Gasteiger partial charge in [0.2, 0.25) is 11.8 Å². The lowest BCUT2D eigenvalue weighted by atomic mass is 9.92. The molecule has 23 heavy (non-hydrogen) atoms. The molecule has 0 aromatic heterocycles. The SMILES string of the molecule is CN(C)C(=O)C1CC(C(=O)O)N(C(=O)CN)C1c1ccccc1. The van der Waals surface area contributed by atoms with E-state index in [-0.39, 0.29) is 18.9 Å². The summed E-state index contributed by atoms with van der Waals surface area (Å²) in [6.45, 7) is -0.296. The first-order valence-electron chi connectivity index (χ1n) is 7.38. The maximum atomic E-state index is 12.5. The highest BCUT2D eigenvalue weighted by molar-refractivity contribution is 5.89. The molecule has 1 aliphatic heterocycles. The standard InChI is InChI=1S/C16H21N3O4/c1-18(2)15(21)11-8-12(16(22)23)19(13(20)9-17)14(11)10-6-4-3-5-7-10/h3-7,11-12,14H,8-9,17H2,1-2H3,(H,22,23). The third kappa shape index (κ3) is 3.19. The summed E-state index contributed by atoms with van der Waals surface area (Å²) in [6.07, 6.45) is 0.0810. The summed E-state index contributed by atoms with van der Waals surface area (Å²) in [7, 11) is 3.24. The second-order valence-electron chi connectivity index (χ2n) is 5.79. The van der Waals surface area contributed by atoms with Crippen LogP contribution >= 0.6 is 0 Å². The maximum Gasteiger partial charge on any atom is 0.326 e. The van der Waals surface area contributed by atoms with Crippen LogP contribution in [-0.2, 0) is 14.4 Å². The van der Waals surface area contributed by atoms with Crippen LogP contribution in [0.3, 0.4) is 0 Å². The van der Waals surface area contributed by atoms with Crippen molar-refractivity contribution in [1.29, 1.82) is 0 Å². The molecule has 3 atom stereocenters. The highest BCUT2D eigenvalue weighted by Gasteiger charge is 2.50. The van der Waals surface area contributed by atoms with E-state index < -0.39 is 29.9 Å². The summed E-state index contributed by atoms with van der Waals surface area (Å²) < 4.78 is 0. The van der Waals surface area contributed by atoms with Crippen LogP contribution in [0.1, 0.15) is 18.0 Å². The fourth-order valence-electron chi connectivity index (χ4n) is 3.14. The lowest BCUT2D eigenvalue weighted by molar-refractivity contribution is -0.149. The zero-order valence-corrected chi connectivity index (χ0v) is 13.2. The molecule has 0 saturated carbocycles. The number of rotatable bonds is 4. The quantitative estimate of drug-likeness (QED) is 0.818. The molecule has 0 radical (unpaired) electrons. The fourth-order valence-corrected chi connectivity index (χ4v) is 3.14. The van der Waals surface area contributed by atoms with Crippen molar-refractivity contribution in [2.75, 3.05) is 20.6 Å². The molecular weight excluding hydrogens is 298 g/mol. The van der Waals surface area contributed by atoms with E-state index in [0.717, 1.165) is 5.56 Å². The van der Waals surface area contributed by atoms with Gasteiger partial charge in [-0.15, -0.1) is 0 Å². The molecule has 1 fully saturated rings. The summed E-state index contributed by atoms with van der Waals surface area (Å²) in [5, 5.41) is 9.47. The first kappa shape index (κ1) is 17.0. The molecule has 124 valence electrons. The Balaban J connectivity index is 2.52. The highest BCUT2D eigenvalue weighted by Crippen LogP contribution is 2.42. The predicted octanol–water partition coefficient (Wildman–Crippen LogP) is 0.0763. The van der Waals surface area contributed by atoms with Crippen molar-refractivity contribution in [3.63, 3.8) is 0 Å². The molecule has 7 nitrogen and oxygen atoms in total. The summed E-state index contributed by atoms with van der Waals surface area (Å²) >= 11 is 0. The zero-order chi connectivity index (χ0) is 17.1. The molecule has 0 spiro atoms. The largest absolute Gasteiger partial charge is 0.480 e. The van der Waals surface area contributed by atoms with Crippen molar-refractivity contribution < 1.29 is 19.5 Å². The van der Waals surface area contributed by atoms with Gasteiger partial charge >= 0.3 is 5.97 Å². The highest BCUT2D eigenvalue weighted by atomic mass is 16.4. The van der Waals surface area contributed by atoms with Gasteiger partial charge in [-0.05, 0) is 12.0 Å². The molecular formula is C16H21N3O4. The fraction of sp³-hybridized carbons (Fsp3) is 0.438. The van der Waals surface area contributed by atoms with Gasteiger partial charge in [0.15, 0.2) is 0 Å². The Hall–Kier alpha value is -2.41. The molecule has 2 amide bonds. The van der Waals surface area contributed by atoms with Crippen molar-refractivity contribution in [3.05, 3.63) is 35.9 Å². The Labute approximate surface area is 134 Å². The minimum atomic E-state index is -1.12. The molecule has 3 unspecified atom stereocenters. The number of nitrogens with two attached hydrogens (primary N) is 1. The van der Waals surface area contributed by atoms with Gasteiger partial charge in [0, 0.05) is 14.1 Å². The normalized spacial score (nSPS) is 23.6. The summed E-state index contributed by atoms with van der Waals surface area (Å²) in [5.41, 5.74) is 6.19. The summed E-state index contributed by atoms with van der Waals surface area (Å²) in [6, 6.07) is 7.33. The average Bonchev–Trinajstić information content (AvgIpc) is 2.94. The molecule has 0 bridgehead atoms. The Morgan fingerprint density at radius 2 is 1.87 bits per heavy atom. The van der Waals surface area contributed by atoms with Gasteiger partial charge < -0.3 is 20.6 Å². The molecule has 1 aromatic carbocycles. The van der Waals surface area contributed by atoms with Gasteiger partial charge in [-0.25, -0.2) is 4.79 Å². The molecule has 1 aliphatic rings. The van der Waals surface area contributed by atoms with E-state index >= 15 is 0 Å². The van der Waals surface area contributed by atoms with E-state index in [4.69, 9.17) is 5.73 Å². The zero-order valence-electron chi connectivity index (χ0n) is 13.2. The van der Waals surface area contributed by atoms with Gasteiger partial charge in [-0.3, -0.25) is 9.59 Å². The topological polar surface area (TPSA) is 104 Å². The van der Waals surface area contributed by atoms with E-state index in [1.54, 1.807) is 38.4 Å². The predicted molar refractivity (Wildman–Crippen MR) is 83.3 cm³/mol. The molecule has 1 saturated heterocycles. The number of aliphatic carboxylic acids is 1. The van der Waals surface area contributed by atoms with Gasteiger partial charge in [-0.1, -0.05) is 30.3 Å². The van der Waals surface area contributed by atoms with Crippen molar-refractivity contribution in [2.24, 2.45) is 11.7 Å². The number of carboxylic acid groups (broad SMARTS) is 1. The first-order chi connectivity index (χ1) is 10.9. The number of carbonyl (C=O) groups excluding carboxylic acids is 2. The molecule has 0 aliphatic carbocycles. The Morgan fingerprint density at radius 3 is 2.35 bits per heavy atom. The van der Waals surface area contributed by atoms with Gasteiger partial charge in [-0.2, -0.15) is 0 Å². The first-order valence-corrected chi connectivity index (χ1v) is 7.38. The van der Waals surface area contributed by atoms with Crippen molar-refractivity contribution in [2.45, 2.75) is 18.5 Å². The van der Waals surface area contributed by atoms with Crippen LogP contribution in [0.2, 0.25) is 0 Å². The molecule has 2 rings (SSSR count). The number of likely N-dealkylation sites (tertiary alicyclic amines) is 1. The number of carbonyl (C=O) groups is 3. The lowest BCUT2D eigenvalue weighted by Gasteiger charge is -2.30. The molecule has 7 heteroatoms. The van der Waals surface area contributed by atoms with Crippen LogP contribution in [0.25, 0.3) is 0 Å². The lowest BCUT2D eigenvalue weighted by Crippen LogP contribution is -2.45. The van der Waals surface area contributed by atoms with E-state index in [0.29, 0.717) is 0 Å². The smallest absolute Gasteiger partial charge is 0.326 e. The maximum absolute atomic E-state index is 12.5. The Morgan fingerprint density at radius 1 is 1.26 bits per heavy atom. The minimum Gasteiger partial charge on any atom is -0.480 e. The Bertz CT molecular complexity index is 603. The number of benzene rings is 1. The van der Waals surface area contributed by atoms with E-state index in [2.05, 4.69) is 0 Å². The molecule has 3 N–H and O–H groups in total. The third-order valence-electron chi connectivity index (χ3n) is 4.14. The van der Waals surface area contributed by atoms with E-state index in [1.165, 1.54) is 9.80 Å². The summed E-state index contributed by atoms with van der Waals surface area (Å²) in [5.74, 6) is -2.40. The van der Waals surface area contributed by atoms with Crippen LogP contribution in [0, 0.1) is 5.92 Å². The van der Waals surface area contributed by atoms with Crippen LogP contribution in [-0.4, -0.2) is 59.4 Å². The van der Waals surface area contributed by atoms with Gasteiger partial charge in [0.25, 0.3) is 0 Å². The number of hydrogen-bond acceptors (Lipinski definition) is 4. The monoisotopic (exact) mass is 319 g/mol. The second kappa shape index (κ2) is 6.78. The van der Waals surface area contributed by atoms with Crippen LogP contribution in [0.4, 0.5) is 0 Å². The van der Waals surface area contributed by atoms with Gasteiger partial charge in [0.1, 0.15) is 6.04 Å². The number of amides is 2. The van der Waals surface area contributed by atoms with Crippen molar-refractivity contribution in [3.8, 4) is 0 Å². The third-order valence-corrected chi connectivity index (χ3v) is 4.14. The number of hydrogen-bond donors (Lipinski definition) is 2. The van der Waals surface area contributed by atoms with Crippen LogP contribution < -0.4 is 5.73 Å². The Kier molecular flexibility index (Phi) is 5.00. The second-order valence-corrected chi connectivity index (χ2v) is 5.79. The number of nitrogens with zero attached hydrogens (tertiary/aromatic N) is 2. The number of carboxylic acids is 1. The van der Waals surface area contributed by atoms with Crippen molar-refractivity contribution in [1.82, 2.24) is 9.80 Å². The average molecular weight is 319 g/mol. The van der Waals surface area contributed by atoms with Crippen molar-refractivity contribution >= 4 is 17.8 Å². The van der Waals surface area contributed by atoms with Gasteiger partial charge in [0.05, 0.1) is 18.5 Å². The minimum absolute atomic E-state index is 0.0810. The van der Waals surface area contributed by atoms with E-state index in [9.17, 15) is 19.5 Å². The molecule has 1 aromatic rings. The van der Waals surface area contributed by atoms with E-state index in [1.807, 2.05) is 6.07 Å².